The molecule has 2 rings (SSSR count). The van der Waals surface area contributed by atoms with Crippen LogP contribution in [0.25, 0.3) is 5.82 Å². The molecule has 0 saturated carbocycles. The van der Waals surface area contributed by atoms with Crippen molar-refractivity contribution in [2.45, 2.75) is 6.92 Å². The van der Waals surface area contributed by atoms with Gasteiger partial charge in [-0.25, -0.2) is 9.67 Å². The largest absolute Gasteiger partial charge is 0.373 e. The fourth-order valence-corrected chi connectivity index (χ4v) is 1.23. The summed E-state index contributed by atoms with van der Waals surface area (Å²) < 4.78 is 1.76. The Bertz CT molecular complexity index is 433. The SMILES string of the molecule is CNc1cccc(-n2cc(C)cn2)n1. The standard InChI is InChI=1S/C10H12N4/c1-8-6-12-14(7-8)10-5-3-4-9(11-2)13-10/h3-7H,1-2H3,(H,11,13). The molecule has 0 saturated heterocycles. The van der Waals surface area contributed by atoms with Gasteiger partial charge in [0, 0.05) is 13.2 Å². The minimum absolute atomic E-state index is 0.824. The van der Waals surface area contributed by atoms with Gasteiger partial charge in [-0.15, -0.1) is 0 Å². The number of aromatic nitrogens is 3. The lowest BCUT2D eigenvalue weighted by Gasteiger charge is -2.02. The highest BCUT2D eigenvalue weighted by Crippen LogP contribution is 2.08. The van der Waals surface area contributed by atoms with Crippen LogP contribution in [0.5, 0.6) is 0 Å². The molecule has 2 aromatic rings. The van der Waals surface area contributed by atoms with Crippen molar-refractivity contribution in [3.8, 4) is 5.82 Å². The maximum Gasteiger partial charge on any atom is 0.155 e. The Morgan fingerprint density at radius 3 is 2.86 bits per heavy atom. The third-order valence-corrected chi connectivity index (χ3v) is 1.94. The van der Waals surface area contributed by atoms with Gasteiger partial charge in [-0.2, -0.15) is 5.10 Å². The Kier molecular flexibility index (Phi) is 2.18. The molecule has 0 spiro atoms. The molecular formula is C10H12N4. The topological polar surface area (TPSA) is 42.7 Å². The maximum atomic E-state index is 4.36. The molecule has 4 nitrogen and oxygen atoms in total. The van der Waals surface area contributed by atoms with Crippen molar-refractivity contribution in [1.29, 1.82) is 0 Å². The smallest absolute Gasteiger partial charge is 0.155 e. The normalized spacial score (nSPS) is 10.1. The molecule has 0 radical (unpaired) electrons. The molecule has 72 valence electrons. The van der Waals surface area contributed by atoms with Crippen LogP contribution in [0.2, 0.25) is 0 Å². The molecule has 14 heavy (non-hydrogen) atoms. The second-order valence-corrected chi connectivity index (χ2v) is 3.09. The van der Waals surface area contributed by atoms with E-state index in [2.05, 4.69) is 15.4 Å². The van der Waals surface area contributed by atoms with Crippen molar-refractivity contribution in [1.82, 2.24) is 14.8 Å². The number of nitrogens with zero attached hydrogens (tertiary/aromatic N) is 3. The maximum absolute atomic E-state index is 4.36. The van der Waals surface area contributed by atoms with Gasteiger partial charge in [0.15, 0.2) is 5.82 Å². The molecule has 1 N–H and O–H groups in total. The molecule has 2 aromatic heterocycles. The summed E-state index contributed by atoms with van der Waals surface area (Å²) in [5, 5.41) is 7.18. The van der Waals surface area contributed by atoms with Crippen molar-refractivity contribution in [3.05, 3.63) is 36.2 Å². The van der Waals surface area contributed by atoms with Gasteiger partial charge in [0.05, 0.1) is 6.20 Å². The average molecular weight is 188 g/mol. The van der Waals surface area contributed by atoms with Crippen LogP contribution >= 0.6 is 0 Å². The fraction of sp³-hybridized carbons (Fsp3) is 0.200. The van der Waals surface area contributed by atoms with E-state index in [4.69, 9.17) is 0 Å². The first-order valence-corrected chi connectivity index (χ1v) is 4.46. The molecule has 2 heterocycles. The number of pyridine rings is 1. The summed E-state index contributed by atoms with van der Waals surface area (Å²) in [6, 6.07) is 5.79. The zero-order valence-electron chi connectivity index (χ0n) is 8.23. The molecule has 0 unspecified atom stereocenters. The molecule has 0 aliphatic rings. The van der Waals surface area contributed by atoms with Crippen molar-refractivity contribution in [2.24, 2.45) is 0 Å². The molecule has 0 aliphatic carbocycles. The lowest BCUT2D eigenvalue weighted by atomic mass is 10.4. The highest BCUT2D eigenvalue weighted by Gasteiger charge is 1.99. The summed E-state index contributed by atoms with van der Waals surface area (Å²) in [5.74, 6) is 1.67. The van der Waals surface area contributed by atoms with Crippen LogP contribution in [0.1, 0.15) is 5.56 Å². The average Bonchev–Trinajstić information content (AvgIpc) is 2.65. The monoisotopic (exact) mass is 188 g/mol. The fourth-order valence-electron chi connectivity index (χ4n) is 1.23. The number of hydrogen-bond donors (Lipinski definition) is 1. The Morgan fingerprint density at radius 1 is 1.36 bits per heavy atom. The van der Waals surface area contributed by atoms with E-state index in [0.29, 0.717) is 0 Å². The first kappa shape index (κ1) is 8.74. The number of hydrogen-bond acceptors (Lipinski definition) is 3. The van der Waals surface area contributed by atoms with Crippen LogP contribution in [-0.4, -0.2) is 21.8 Å². The molecule has 4 heteroatoms. The zero-order chi connectivity index (χ0) is 9.97. The molecule has 0 fully saturated rings. The van der Waals surface area contributed by atoms with Crippen molar-refractivity contribution in [3.63, 3.8) is 0 Å². The van der Waals surface area contributed by atoms with Gasteiger partial charge < -0.3 is 5.32 Å². The van der Waals surface area contributed by atoms with Crippen LogP contribution in [0.15, 0.2) is 30.6 Å². The van der Waals surface area contributed by atoms with Gasteiger partial charge in [0.1, 0.15) is 5.82 Å². The highest BCUT2D eigenvalue weighted by molar-refractivity contribution is 5.38. The number of nitrogens with one attached hydrogen (secondary N) is 1. The summed E-state index contributed by atoms with van der Waals surface area (Å²) >= 11 is 0. The minimum atomic E-state index is 0.824. The van der Waals surface area contributed by atoms with Crippen molar-refractivity contribution in [2.75, 3.05) is 12.4 Å². The van der Waals surface area contributed by atoms with E-state index in [-0.39, 0.29) is 0 Å². The molecule has 0 aliphatic heterocycles. The summed E-state index contributed by atoms with van der Waals surface area (Å²) in [7, 11) is 1.85. The quantitative estimate of drug-likeness (QED) is 0.778. The Morgan fingerprint density at radius 2 is 2.21 bits per heavy atom. The summed E-state index contributed by atoms with van der Waals surface area (Å²) in [5.41, 5.74) is 1.13. The summed E-state index contributed by atoms with van der Waals surface area (Å²) in [6.45, 7) is 2.01. The lowest BCUT2D eigenvalue weighted by molar-refractivity contribution is 0.847. The van der Waals surface area contributed by atoms with Gasteiger partial charge in [0.2, 0.25) is 0 Å². The lowest BCUT2D eigenvalue weighted by Crippen LogP contribution is -2.00. The summed E-state index contributed by atoms with van der Waals surface area (Å²) in [6.07, 6.45) is 3.76. The number of rotatable bonds is 2. The van der Waals surface area contributed by atoms with E-state index in [1.54, 1.807) is 4.68 Å². The van der Waals surface area contributed by atoms with Crippen LogP contribution in [0, 0.1) is 6.92 Å². The molecule has 0 atom stereocenters. The van der Waals surface area contributed by atoms with E-state index in [9.17, 15) is 0 Å². The highest BCUT2D eigenvalue weighted by atomic mass is 15.3. The number of aryl methyl sites for hydroxylation is 1. The van der Waals surface area contributed by atoms with Crippen LogP contribution in [0.4, 0.5) is 5.82 Å². The van der Waals surface area contributed by atoms with Crippen LogP contribution in [-0.2, 0) is 0 Å². The third-order valence-electron chi connectivity index (χ3n) is 1.94. The Labute approximate surface area is 82.6 Å². The predicted octanol–water partition coefficient (Wildman–Crippen LogP) is 1.62. The first-order valence-electron chi connectivity index (χ1n) is 4.46. The van der Waals surface area contributed by atoms with Gasteiger partial charge in [-0.3, -0.25) is 0 Å². The van der Waals surface area contributed by atoms with Gasteiger partial charge in [-0.05, 0) is 24.6 Å². The van der Waals surface area contributed by atoms with E-state index in [1.165, 1.54) is 0 Å². The minimum Gasteiger partial charge on any atom is -0.373 e. The molecule has 0 bridgehead atoms. The van der Waals surface area contributed by atoms with Gasteiger partial charge in [-0.1, -0.05) is 6.07 Å². The van der Waals surface area contributed by atoms with Crippen molar-refractivity contribution >= 4 is 5.82 Å². The molecule has 0 amide bonds. The molecule has 0 aromatic carbocycles. The second kappa shape index (κ2) is 3.49. The van der Waals surface area contributed by atoms with Crippen LogP contribution < -0.4 is 5.32 Å². The van der Waals surface area contributed by atoms with E-state index in [1.807, 2.05) is 44.6 Å². The number of anilines is 1. The van der Waals surface area contributed by atoms with Crippen molar-refractivity contribution < 1.29 is 0 Å². The third kappa shape index (κ3) is 1.59. The Balaban J connectivity index is 2.41. The van der Waals surface area contributed by atoms with Gasteiger partial charge in [0.25, 0.3) is 0 Å². The van der Waals surface area contributed by atoms with E-state index >= 15 is 0 Å². The first-order chi connectivity index (χ1) is 6.79. The zero-order valence-corrected chi connectivity index (χ0v) is 8.23. The van der Waals surface area contributed by atoms with Crippen LogP contribution in [0.3, 0.4) is 0 Å². The second-order valence-electron chi connectivity index (χ2n) is 3.09. The van der Waals surface area contributed by atoms with Gasteiger partial charge >= 0.3 is 0 Å². The van der Waals surface area contributed by atoms with E-state index < -0.39 is 0 Å². The Hall–Kier alpha value is -1.84. The summed E-state index contributed by atoms with van der Waals surface area (Å²) in [4.78, 5) is 4.36. The molecular weight excluding hydrogens is 176 g/mol. The van der Waals surface area contributed by atoms with E-state index in [0.717, 1.165) is 17.2 Å². The predicted molar refractivity (Wildman–Crippen MR) is 55.6 cm³/mol.